The number of hydrogen-bond acceptors (Lipinski definition) is 1. The highest BCUT2D eigenvalue weighted by molar-refractivity contribution is 9.10. The lowest BCUT2D eigenvalue weighted by molar-refractivity contribution is 0.216. The third kappa shape index (κ3) is 3.59. The van der Waals surface area contributed by atoms with Crippen molar-refractivity contribution in [1.82, 2.24) is 0 Å². The maximum atomic E-state index is 8.62. The van der Waals surface area contributed by atoms with Crippen LogP contribution in [0, 0.1) is 0 Å². The molecule has 44 valence electrons. The smallest absolute Gasteiger partial charge is 0.116 e. The van der Waals surface area contributed by atoms with Gasteiger partial charge in [-0.1, -0.05) is 15.9 Å². The van der Waals surface area contributed by atoms with Gasteiger partial charge in [0.15, 0.2) is 0 Å². The molecular weight excluding hydrogens is 203 g/mol. The Kier molecular flexibility index (Phi) is 4.53. The lowest BCUT2D eigenvalue weighted by Gasteiger charge is -2.04. The molecule has 0 radical (unpaired) electrons. The fraction of sp³-hybridized carbons (Fsp3) is 1.00. The number of hydrogen-bond donors (Lipinski definition) is 1. The molecule has 4 heteroatoms. The first-order valence-corrected chi connectivity index (χ1v) is 3.59. The predicted molar refractivity (Wildman–Crippen MR) is 35.3 cm³/mol. The van der Waals surface area contributed by atoms with Crippen LogP contribution in [0.25, 0.3) is 0 Å². The van der Waals surface area contributed by atoms with Gasteiger partial charge in [0.25, 0.3) is 0 Å². The lowest BCUT2D eigenvalue weighted by atomic mass is 10.5. The van der Waals surface area contributed by atoms with Crippen LogP contribution < -0.4 is 0 Å². The quantitative estimate of drug-likeness (QED) is 0.682. The first-order chi connectivity index (χ1) is 3.18. The predicted octanol–water partition coefficient (Wildman–Crippen LogP) is 1.55. The average Bonchev–Trinajstić information content (AvgIpc) is 1.65. The van der Waals surface area contributed by atoms with Gasteiger partial charge in [0.05, 0.1) is 12.0 Å². The largest absolute Gasteiger partial charge is 0.389 e. The molecule has 0 bridgehead atoms. The highest BCUT2D eigenvalue weighted by Gasteiger charge is 2.09. The number of rotatable bonds is 2. The Morgan fingerprint density at radius 3 is 2.14 bits per heavy atom. The molecule has 7 heavy (non-hydrogen) atoms. The maximum Gasteiger partial charge on any atom is 0.116 e. The molecule has 0 aliphatic carbocycles. The van der Waals surface area contributed by atoms with Gasteiger partial charge in [-0.25, -0.2) is 0 Å². The zero-order valence-electron chi connectivity index (χ0n) is 3.44. The first-order valence-electron chi connectivity index (χ1n) is 1.70. The molecule has 0 aromatic carbocycles. The molecule has 0 aliphatic rings. The molecule has 0 amide bonds. The van der Waals surface area contributed by atoms with E-state index in [1.807, 2.05) is 0 Å². The van der Waals surface area contributed by atoms with E-state index in [9.17, 15) is 0 Å². The van der Waals surface area contributed by atoms with Crippen LogP contribution >= 0.6 is 39.1 Å². The molecular formula is C3H5BrCl2O. The molecule has 0 aliphatic heterocycles. The van der Waals surface area contributed by atoms with Gasteiger partial charge in [-0.15, -0.1) is 23.2 Å². The van der Waals surface area contributed by atoms with E-state index >= 15 is 0 Å². The fourth-order valence-corrected chi connectivity index (χ4v) is 0.828. The number of halogens is 3. The van der Waals surface area contributed by atoms with Crippen LogP contribution in [0.3, 0.4) is 0 Å². The Hall–Kier alpha value is 1.02. The molecule has 1 N–H and O–H groups in total. The van der Waals surface area contributed by atoms with Crippen molar-refractivity contribution < 1.29 is 5.11 Å². The first kappa shape index (κ1) is 8.02. The van der Waals surface area contributed by atoms with Gasteiger partial charge in [-0.05, 0) is 0 Å². The minimum atomic E-state index is -0.650. The van der Waals surface area contributed by atoms with E-state index in [2.05, 4.69) is 15.9 Å². The normalized spacial score (nSPS) is 18.9. The molecule has 0 aromatic rings. The highest BCUT2D eigenvalue weighted by atomic mass is 79.9. The van der Waals surface area contributed by atoms with Crippen LogP contribution in [0.15, 0.2) is 0 Å². The summed E-state index contributed by atoms with van der Waals surface area (Å²) in [6, 6.07) is 0. The molecule has 0 saturated heterocycles. The molecule has 0 fully saturated rings. The molecule has 1 nitrogen and oxygen atoms in total. The summed E-state index contributed by atoms with van der Waals surface area (Å²) in [6.07, 6.45) is -0.650. The Morgan fingerprint density at radius 2 is 2.14 bits per heavy atom. The second-order valence-corrected chi connectivity index (χ2v) is 3.35. The summed E-state index contributed by atoms with van der Waals surface area (Å²) < 4.78 is -0.426. The Labute approximate surface area is 60.7 Å². The minimum Gasteiger partial charge on any atom is -0.389 e. The monoisotopic (exact) mass is 206 g/mol. The van der Waals surface area contributed by atoms with Gasteiger partial charge >= 0.3 is 0 Å². The van der Waals surface area contributed by atoms with Crippen LogP contribution in [0.4, 0.5) is 0 Å². The van der Waals surface area contributed by atoms with Crippen LogP contribution in [0.2, 0.25) is 0 Å². The average molecular weight is 208 g/mol. The van der Waals surface area contributed by atoms with Gasteiger partial charge in [-0.2, -0.15) is 0 Å². The number of alkyl halides is 3. The van der Waals surface area contributed by atoms with E-state index in [0.717, 1.165) is 0 Å². The van der Waals surface area contributed by atoms with Crippen molar-refractivity contribution in [2.45, 2.75) is 10.4 Å². The molecule has 0 spiro atoms. The Bertz CT molecular complexity index is 50.2. The second-order valence-electron chi connectivity index (χ2n) is 1.06. The van der Waals surface area contributed by atoms with Crippen LogP contribution in [-0.2, 0) is 0 Å². The molecule has 0 saturated carbocycles. The summed E-state index contributed by atoms with van der Waals surface area (Å²) in [5.41, 5.74) is 0. The van der Waals surface area contributed by atoms with Crippen molar-refractivity contribution in [3.8, 4) is 0 Å². The number of aliphatic hydroxyl groups excluding tert-OH is 1. The summed E-state index contributed by atoms with van der Waals surface area (Å²) in [5.74, 6) is 0.166. The molecule has 0 heterocycles. The Morgan fingerprint density at radius 1 is 1.71 bits per heavy atom. The topological polar surface area (TPSA) is 20.2 Å². The van der Waals surface area contributed by atoms with Gasteiger partial charge in [0.1, 0.15) is 4.29 Å². The van der Waals surface area contributed by atoms with E-state index in [1.165, 1.54) is 0 Å². The zero-order chi connectivity index (χ0) is 5.86. The summed E-state index contributed by atoms with van der Waals surface area (Å²) in [6.45, 7) is 0. The van der Waals surface area contributed by atoms with E-state index in [1.54, 1.807) is 0 Å². The van der Waals surface area contributed by atoms with Crippen molar-refractivity contribution in [2.75, 3.05) is 5.88 Å². The van der Waals surface area contributed by atoms with Crippen molar-refractivity contribution >= 4 is 39.1 Å². The van der Waals surface area contributed by atoms with Crippen molar-refractivity contribution in [2.24, 2.45) is 0 Å². The van der Waals surface area contributed by atoms with E-state index < -0.39 is 10.4 Å². The van der Waals surface area contributed by atoms with Gasteiger partial charge in [0.2, 0.25) is 0 Å². The van der Waals surface area contributed by atoms with E-state index in [4.69, 9.17) is 28.3 Å². The van der Waals surface area contributed by atoms with Crippen molar-refractivity contribution in [1.29, 1.82) is 0 Å². The highest BCUT2D eigenvalue weighted by Crippen LogP contribution is 2.10. The summed E-state index contributed by atoms with van der Waals surface area (Å²) in [7, 11) is 0. The lowest BCUT2D eigenvalue weighted by Crippen LogP contribution is -2.15. The van der Waals surface area contributed by atoms with E-state index in [-0.39, 0.29) is 5.88 Å². The standard InChI is InChI=1S/C3H5BrCl2O/c4-3(6)2(7)1-5/h2-3,7H,1H2. The molecule has 0 aromatic heterocycles. The van der Waals surface area contributed by atoms with Gasteiger partial charge < -0.3 is 5.11 Å². The molecule has 0 rings (SSSR count). The third-order valence-electron chi connectivity index (χ3n) is 0.449. The van der Waals surface area contributed by atoms with Gasteiger partial charge in [0, 0.05) is 0 Å². The molecule has 2 unspecified atom stereocenters. The van der Waals surface area contributed by atoms with Crippen molar-refractivity contribution in [3.63, 3.8) is 0 Å². The maximum absolute atomic E-state index is 8.62. The minimum absolute atomic E-state index is 0.166. The van der Waals surface area contributed by atoms with Gasteiger partial charge in [-0.3, -0.25) is 0 Å². The third-order valence-corrected chi connectivity index (χ3v) is 1.67. The van der Waals surface area contributed by atoms with Crippen LogP contribution in [0.1, 0.15) is 0 Å². The summed E-state index contributed by atoms with van der Waals surface area (Å²) >= 11 is 13.4. The van der Waals surface area contributed by atoms with Crippen molar-refractivity contribution in [3.05, 3.63) is 0 Å². The second kappa shape index (κ2) is 3.96. The zero-order valence-corrected chi connectivity index (χ0v) is 6.54. The SMILES string of the molecule is OC(CCl)C(Cl)Br. The fourth-order valence-electron chi connectivity index (χ4n) is 0.0673. The van der Waals surface area contributed by atoms with E-state index in [0.29, 0.717) is 0 Å². The van der Waals surface area contributed by atoms with Crippen LogP contribution in [0.5, 0.6) is 0 Å². The Balaban J connectivity index is 3.14. The summed E-state index contributed by atoms with van der Waals surface area (Å²) in [5, 5.41) is 8.62. The summed E-state index contributed by atoms with van der Waals surface area (Å²) in [4.78, 5) is 0. The number of aliphatic hydroxyl groups is 1. The van der Waals surface area contributed by atoms with Crippen LogP contribution in [-0.4, -0.2) is 21.4 Å². The molecule has 2 atom stereocenters.